The van der Waals surface area contributed by atoms with E-state index >= 15 is 0 Å². The number of hydrogen-bond donors (Lipinski definition) is 1. The number of hydrogen-bond acceptors (Lipinski definition) is 5. The summed E-state index contributed by atoms with van der Waals surface area (Å²) in [6.07, 6.45) is 8.27. The van der Waals surface area contributed by atoms with E-state index in [1.165, 1.54) is 38.6 Å². The Morgan fingerprint density at radius 3 is 2.73 bits per heavy atom. The molecule has 26 heavy (non-hydrogen) atoms. The van der Waals surface area contributed by atoms with Gasteiger partial charge >= 0.3 is 0 Å². The first kappa shape index (κ1) is 15.8. The zero-order valence-electron chi connectivity index (χ0n) is 14.9. The molecule has 6 heteroatoms. The monoisotopic (exact) mass is 348 g/mol. The van der Waals surface area contributed by atoms with Gasteiger partial charge in [-0.15, -0.1) is 0 Å². The van der Waals surface area contributed by atoms with Crippen LogP contribution in [0.5, 0.6) is 0 Å². The number of nitrogens with zero attached hydrogens (tertiary/aromatic N) is 5. The van der Waals surface area contributed by atoms with Crippen molar-refractivity contribution in [2.24, 2.45) is 0 Å². The number of aromatic nitrogens is 4. The smallest absolute Gasteiger partial charge is 0.254 e. The fourth-order valence-corrected chi connectivity index (χ4v) is 4.39. The summed E-state index contributed by atoms with van der Waals surface area (Å²) < 4.78 is 1.81. The van der Waals surface area contributed by atoms with E-state index in [2.05, 4.69) is 43.5 Å². The number of rotatable bonds is 4. The minimum absolute atomic E-state index is 0.453. The lowest BCUT2D eigenvalue weighted by molar-refractivity contribution is 0.245. The van der Waals surface area contributed by atoms with Gasteiger partial charge in [0.15, 0.2) is 0 Å². The summed E-state index contributed by atoms with van der Waals surface area (Å²) in [5.74, 6) is 1.61. The molecule has 0 amide bonds. The highest BCUT2D eigenvalue weighted by Gasteiger charge is 2.30. The van der Waals surface area contributed by atoms with E-state index in [0.29, 0.717) is 11.8 Å². The maximum absolute atomic E-state index is 4.66. The van der Waals surface area contributed by atoms with E-state index in [4.69, 9.17) is 0 Å². The summed E-state index contributed by atoms with van der Waals surface area (Å²) in [5, 5.41) is 8.07. The normalized spacial score (nSPS) is 21.6. The molecule has 1 unspecified atom stereocenters. The fourth-order valence-electron chi connectivity index (χ4n) is 4.39. The van der Waals surface area contributed by atoms with Gasteiger partial charge in [0.1, 0.15) is 12.1 Å². The number of benzene rings is 1. The lowest BCUT2D eigenvalue weighted by atomic mass is 10.1. The van der Waals surface area contributed by atoms with Gasteiger partial charge in [0.2, 0.25) is 0 Å². The highest BCUT2D eigenvalue weighted by Crippen LogP contribution is 2.28. The van der Waals surface area contributed by atoms with Gasteiger partial charge in [-0.2, -0.15) is 14.6 Å². The Labute approximate surface area is 153 Å². The Kier molecular flexibility index (Phi) is 4.05. The van der Waals surface area contributed by atoms with Gasteiger partial charge in [-0.1, -0.05) is 43.2 Å². The predicted molar refractivity (Wildman–Crippen MR) is 102 cm³/mol. The standard InChI is InChI=1S/C20H24N6/c1-2-6-15(7-3-1)18-12-19(26-20(24-18)21-14-22-26)23-16-10-11-25(13-16)17-8-4-5-9-17/h1-3,6-7,12,14,16-17,23H,4-5,8-11,13H2. The first-order valence-corrected chi connectivity index (χ1v) is 9.63. The van der Waals surface area contributed by atoms with E-state index in [9.17, 15) is 0 Å². The molecule has 1 aliphatic heterocycles. The zero-order chi connectivity index (χ0) is 17.3. The second kappa shape index (κ2) is 6.68. The van der Waals surface area contributed by atoms with Crippen molar-refractivity contribution < 1.29 is 0 Å². The first-order chi connectivity index (χ1) is 12.9. The Hall–Kier alpha value is -2.47. The van der Waals surface area contributed by atoms with Crippen molar-refractivity contribution in [3.8, 4) is 11.3 Å². The minimum Gasteiger partial charge on any atom is -0.366 e. The first-order valence-electron chi connectivity index (χ1n) is 9.63. The van der Waals surface area contributed by atoms with E-state index in [0.717, 1.165) is 29.7 Å². The Morgan fingerprint density at radius 2 is 1.88 bits per heavy atom. The van der Waals surface area contributed by atoms with Crippen LogP contribution in [0.25, 0.3) is 17.0 Å². The zero-order valence-corrected chi connectivity index (χ0v) is 14.9. The molecule has 1 saturated heterocycles. The largest absolute Gasteiger partial charge is 0.366 e. The average Bonchev–Trinajstić information content (AvgIpc) is 3.43. The number of fused-ring (bicyclic) bond motifs is 1. The van der Waals surface area contributed by atoms with Gasteiger partial charge in [0.25, 0.3) is 5.78 Å². The highest BCUT2D eigenvalue weighted by molar-refractivity contribution is 5.65. The lowest BCUT2D eigenvalue weighted by Crippen LogP contribution is -2.33. The summed E-state index contributed by atoms with van der Waals surface area (Å²) in [6.45, 7) is 2.31. The summed E-state index contributed by atoms with van der Waals surface area (Å²) in [5.41, 5.74) is 2.03. The van der Waals surface area contributed by atoms with Gasteiger partial charge in [-0.25, -0.2) is 4.98 Å². The molecule has 3 aromatic rings. The molecule has 2 aliphatic rings. The molecule has 134 valence electrons. The fraction of sp³-hybridized carbons (Fsp3) is 0.450. The molecule has 1 aliphatic carbocycles. The van der Waals surface area contributed by atoms with E-state index in [-0.39, 0.29) is 0 Å². The second-order valence-corrected chi connectivity index (χ2v) is 7.43. The van der Waals surface area contributed by atoms with Gasteiger partial charge in [0, 0.05) is 36.8 Å². The Morgan fingerprint density at radius 1 is 1.04 bits per heavy atom. The van der Waals surface area contributed by atoms with Crippen LogP contribution >= 0.6 is 0 Å². The van der Waals surface area contributed by atoms with E-state index < -0.39 is 0 Å². The van der Waals surface area contributed by atoms with E-state index in [1.54, 1.807) is 6.33 Å². The van der Waals surface area contributed by atoms with Gasteiger partial charge in [0.05, 0.1) is 5.69 Å². The molecule has 0 bridgehead atoms. The second-order valence-electron chi connectivity index (χ2n) is 7.43. The molecule has 6 nitrogen and oxygen atoms in total. The molecule has 2 fully saturated rings. The molecular weight excluding hydrogens is 324 g/mol. The third kappa shape index (κ3) is 2.94. The molecule has 1 N–H and O–H groups in total. The third-order valence-electron chi connectivity index (χ3n) is 5.73. The van der Waals surface area contributed by atoms with Crippen LogP contribution in [-0.4, -0.2) is 49.7 Å². The van der Waals surface area contributed by atoms with Crippen LogP contribution in [0.15, 0.2) is 42.7 Å². The quantitative estimate of drug-likeness (QED) is 0.784. The van der Waals surface area contributed by atoms with Crippen molar-refractivity contribution in [1.29, 1.82) is 0 Å². The minimum atomic E-state index is 0.453. The summed E-state index contributed by atoms with van der Waals surface area (Å²) in [4.78, 5) is 11.6. The summed E-state index contributed by atoms with van der Waals surface area (Å²) >= 11 is 0. The van der Waals surface area contributed by atoms with Crippen molar-refractivity contribution >= 4 is 11.6 Å². The van der Waals surface area contributed by atoms with Crippen LogP contribution in [0.1, 0.15) is 32.1 Å². The average molecular weight is 348 g/mol. The van der Waals surface area contributed by atoms with Crippen molar-refractivity contribution in [3.63, 3.8) is 0 Å². The van der Waals surface area contributed by atoms with Gasteiger partial charge in [-0.05, 0) is 19.3 Å². The van der Waals surface area contributed by atoms with Crippen molar-refractivity contribution in [2.45, 2.75) is 44.2 Å². The van der Waals surface area contributed by atoms with Crippen molar-refractivity contribution in [1.82, 2.24) is 24.5 Å². The molecule has 3 heterocycles. The molecule has 1 aromatic carbocycles. The van der Waals surface area contributed by atoms with Crippen LogP contribution in [0.2, 0.25) is 0 Å². The maximum atomic E-state index is 4.66. The number of anilines is 1. The molecule has 1 atom stereocenters. The number of likely N-dealkylation sites (tertiary alicyclic amines) is 1. The van der Waals surface area contributed by atoms with Gasteiger partial charge in [-0.3, -0.25) is 4.90 Å². The predicted octanol–water partition coefficient (Wildman–Crippen LogP) is 3.22. The SMILES string of the molecule is c1ccc(-c2cc(NC3CCN(C4CCCC4)C3)n3ncnc3n2)cc1. The van der Waals surface area contributed by atoms with Crippen molar-refractivity contribution in [2.75, 3.05) is 18.4 Å². The highest BCUT2D eigenvalue weighted by atomic mass is 15.4. The van der Waals surface area contributed by atoms with Crippen LogP contribution in [0.4, 0.5) is 5.82 Å². The van der Waals surface area contributed by atoms with E-state index in [1.807, 2.05) is 22.7 Å². The van der Waals surface area contributed by atoms with Gasteiger partial charge < -0.3 is 5.32 Å². The topological polar surface area (TPSA) is 58.4 Å². The third-order valence-corrected chi connectivity index (χ3v) is 5.73. The summed E-state index contributed by atoms with van der Waals surface area (Å²) in [7, 11) is 0. The molecule has 0 radical (unpaired) electrons. The molecule has 0 spiro atoms. The van der Waals surface area contributed by atoms with Crippen LogP contribution < -0.4 is 5.32 Å². The molecule has 2 aromatic heterocycles. The van der Waals surface area contributed by atoms with Crippen LogP contribution in [-0.2, 0) is 0 Å². The van der Waals surface area contributed by atoms with Crippen molar-refractivity contribution in [3.05, 3.63) is 42.7 Å². The maximum Gasteiger partial charge on any atom is 0.254 e. The number of nitrogens with one attached hydrogen (secondary N) is 1. The lowest BCUT2D eigenvalue weighted by Gasteiger charge is -2.23. The molecule has 5 rings (SSSR count). The van der Waals surface area contributed by atoms with Crippen LogP contribution in [0.3, 0.4) is 0 Å². The Bertz CT molecular complexity index is 884. The molecule has 1 saturated carbocycles. The molecular formula is C20H24N6. The van der Waals surface area contributed by atoms with Crippen LogP contribution in [0, 0.1) is 0 Å². The summed E-state index contributed by atoms with van der Waals surface area (Å²) in [6, 6.07) is 13.6. The Balaban J connectivity index is 1.41.